The number of rotatable bonds is 2. The topological polar surface area (TPSA) is 94.0 Å². The summed E-state index contributed by atoms with van der Waals surface area (Å²) in [6.07, 6.45) is 0. The van der Waals surface area contributed by atoms with Crippen molar-refractivity contribution in [1.29, 1.82) is 0 Å². The Kier molecular flexibility index (Phi) is 3.97. The fourth-order valence-electron chi connectivity index (χ4n) is 1.28. The Bertz CT molecular complexity index is 645. The number of amidine groups is 1. The lowest BCUT2D eigenvalue weighted by Gasteiger charge is -2.27. The third-order valence-corrected chi connectivity index (χ3v) is 3.53. The number of nitrogens with zero attached hydrogens (tertiary/aromatic N) is 2. The average Bonchev–Trinajstić information content (AvgIpc) is 2.35. The van der Waals surface area contributed by atoms with E-state index in [1.165, 1.54) is 0 Å². The van der Waals surface area contributed by atoms with Gasteiger partial charge in [-0.25, -0.2) is 4.99 Å². The first-order chi connectivity index (χ1) is 8.89. The van der Waals surface area contributed by atoms with Crippen molar-refractivity contribution in [3.8, 4) is 0 Å². The van der Waals surface area contributed by atoms with Gasteiger partial charge >= 0.3 is 10.3 Å². The molecule has 0 spiro atoms. The highest BCUT2D eigenvalue weighted by Gasteiger charge is 2.31. The average molecular weight is 323 g/mol. The van der Waals surface area contributed by atoms with Gasteiger partial charge in [0.15, 0.2) is 5.84 Å². The predicted octanol–water partition coefficient (Wildman–Crippen LogP) is 1.49. The maximum atomic E-state index is 11.2. The number of hydrogen-bond acceptors (Lipinski definition) is 5. The SMILES string of the molecule is O=S(=O)(O)N1NNC(Cl)=C(Cl)C1=Nc1ccccc1. The number of benzene rings is 1. The molecule has 10 heteroatoms. The van der Waals surface area contributed by atoms with Crippen molar-refractivity contribution in [2.24, 2.45) is 4.99 Å². The molecule has 0 saturated carbocycles. The fourth-order valence-corrected chi connectivity index (χ4v) is 2.14. The zero-order chi connectivity index (χ0) is 14.0. The van der Waals surface area contributed by atoms with Gasteiger partial charge in [0, 0.05) is 0 Å². The van der Waals surface area contributed by atoms with Crippen LogP contribution in [0.4, 0.5) is 5.69 Å². The first-order valence-electron chi connectivity index (χ1n) is 4.88. The summed E-state index contributed by atoms with van der Waals surface area (Å²) >= 11 is 11.6. The molecule has 2 rings (SSSR count). The minimum Gasteiger partial charge on any atom is -0.291 e. The monoisotopic (exact) mass is 322 g/mol. The maximum Gasteiger partial charge on any atom is 0.376 e. The molecule has 1 aromatic rings. The Balaban J connectivity index is 2.53. The molecule has 3 N–H and O–H groups in total. The summed E-state index contributed by atoms with van der Waals surface area (Å²) in [5.41, 5.74) is 4.87. The number of hydrogen-bond donors (Lipinski definition) is 3. The van der Waals surface area contributed by atoms with Crippen LogP contribution in [0.1, 0.15) is 0 Å². The van der Waals surface area contributed by atoms with Gasteiger partial charge in [0.1, 0.15) is 10.2 Å². The summed E-state index contributed by atoms with van der Waals surface area (Å²) in [5, 5.41) is -0.196. The molecule has 0 fully saturated rings. The van der Waals surface area contributed by atoms with Crippen LogP contribution in [0.5, 0.6) is 0 Å². The van der Waals surface area contributed by atoms with Crippen LogP contribution in [-0.4, -0.2) is 23.2 Å². The summed E-state index contributed by atoms with van der Waals surface area (Å²) in [6.45, 7) is 0. The minimum atomic E-state index is -4.60. The lowest BCUT2D eigenvalue weighted by molar-refractivity contribution is 0.338. The van der Waals surface area contributed by atoms with E-state index in [0.717, 1.165) is 0 Å². The van der Waals surface area contributed by atoms with E-state index >= 15 is 0 Å². The molecule has 0 unspecified atom stereocenters. The molecular weight excluding hydrogens is 315 g/mol. The van der Waals surface area contributed by atoms with Gasteiger partial charge in [-0.3, -0.25) is 9.98 Å². The van der Waals surface area contributed by atoms with Crippen LogP contribution < -0.4 is 11.0 Å². The first kappa shape index (κ1) is 14.1. The number of halogens is 2. The highest BCUT2D eigenvalue weighted by Crippen LogP contribution is 2.23. The van der Waals surface area contributed by atoms with Crippen LogP contribution in [0.15, 0.2) is 45.5 Å². The number of para-hydroxylation sites is 1. The van der Waals surface area contributed by atoms with Gasteiger partial charge in [0.2, 0.25) is 0 Å². The van der Waals surface area contributed by atoms with Crippen molar-refractivity contribution in [2.45, 2.75) is 0 Å². The van der Waals surface area contributed by atoms with E-state index in [9.17, 15) is 8.42 Å². The van der Waals surface area contributed by atoms with Crippen LogP contribution >= 0.6 is 23.2 Å². The Morgan fingerprint density at radius 2 is 1.84 bits per heavy atom. The number of aliphatic imine (C=N–C) groups is 1. The van der Waals surface area contributed by atoms with E-state index in [1.807, 2.05) is 0 Å². The molecular formula is C9H8Cl2N4O3S. The molecule has 0 bridgehead atoms. The fraction of sp³-hybridized carbons (Fsp3) is 0. The molecule has 7 nitrogen and oxygen atoms in total. The zero-order valence-corrected chi connectivity index (χ0v) is 11.5. The number of hydrazine groups is 2. The van der Waals surface area contributed by atoms with E-state index in [4.69, 9.17) is 27.8 Å². The van der Waals surface area contributed by atoms with Gasteiger partial charge in [-0.05, 0) is 12.1 Å². The lowest BCUT2D eigenvalue weighted by atomic mass is 10.3. The standard InChI is InChI=1S/C9H8Cl2N4O3S/c10-7-8(11)13-14-15(19(16,17)18)9(7)12-6-4-2-1-3-5-6/h1-5,13-14H,(H,16,17,18). The van der Waals surface area contributed by atoms with Gasteiger partial charge in [-0.1, -0.05) is 41.4 Å². The van der Waals surface area contributed by atoms with Crippen LogP contribution in [0, 0.1) is 0 Å². The van der Waals surface area contributed by atoms with Gasteiger partial charge < -0.3 is 0 Å². The molecule has 1 heterocycles. The Morgan fingerprint density at radius 3 is 2.42 bits per heavy atom. The molecule has 0 amide bonds. The Labute approximate surface area is 119 Å². The molecule has 19 heavy (non-hydrogen) atoms. The second-order valence-electron chi connectivity index (χ2n) is 3.38. The van der Waals surface area contributed by atoms with Crippen molar-refractivity contribution in [2.75, 3.05) is 0 Å². The van der Waals surface area contributed by atoms with Gasteiger partial charge in [0.25, 0.3) is 0 Å². The molecule has 1 aliphatic rings. The summed E-state index contributed by atoms with van der Waals surface area (Å²) in [7, 11) is -4.60. The van der Waals surface area contributed by atoms with Crippen LogP contribution in [0.25, 0.3) is 0 Å². The van der Waals surface area contributed by atoms with Crippen LogP contribution in [0.2, 0.25) is 0 Å². The second kappa shape index (κ2) is 5.35. The van der Waals surface area contributed by atoms with E-state index in [2.05, 4.69) is 16.0 Å². The van der Waals surface area contributed by atoms with Crippen LogP contribution in [0.3, 0.4) is 0 Å². The third-order valence-electron chi connectivity index (χ3n) is 2.07. The molecule has 102 valence electrons. The van der Waals surface area contributed by atoms with Crippen LogP contribution in [-0.2, 0) is 10.3 Å². The molecule has 0 saturated heterocycles. The molecule has 1 aromatic carbocycles. The Morgan fingerprint density at radius 1 is 1.21 bits per heavy atom. The molecule has 0 aliphatic carbocycles. The van der Waals surface area contributed by atoms with E-state index in [-0.39, 0.29) is 16.0 Å². The summed E-state index contributed by atoms with van der Waals surface area (Å²) in [5.74, 6) is -0.251. The molecule has 0 atom stereocenters. The summed E-state index contributed by atoms with van der Waals surface area (Å²) in [6, 6.07) is 8.47. The maximum absolute atomic E-state index is 11.2. The third kappa shape index (κ3) is 3.17. The van der Waals surface area contributed by atoms with Gasteiger partial charge in [-0.15, -0.1) is 9.95 Å². The van der Waals surface area contributed by atoms with Crippen molar-refractivity contribution < 1.29 is 13.0 Å². The quantitative estimate of drug-likeness (QED) is 0.566. The zero-order valence-electron chi connectivity index (χ0n) is 9.21. The lowest BCUT2D eigenvalue weighted by Crippen LogP contribution is -2.55. The van der Waals surface area contributed by atoms with Crippen molar-refractivity contribution >= 4 is 45.0 Å². The molecule has 0 radical (unpaired) electrons. The normalized spacial score (nSPS) is 18.7. The predicted molar refractivity (Wildman–Crippen MR) is 71.9 cm³/mol. The second-order valence-corrected chi connectivity index (χ2v) is 5.39. The van der Waals surface area contributed by atoms with E-state index in [0.29, 0.717) is 10.1 Å². The first-order valence-corrected chi connectivity index (χ1v) is 7.03. The van der Waals surface area contributed by atoms with Crippen molar-refractivity contribution in [3.05, 3.63) is 40.5 Å². The number of nitrogens with one attached hydrogen (secondary N) is 2. The summed E-state index contributed by atoms with van der Waals surface area (Å²) < 4.78 is 31.9. The molecule has 0 aromatic heterocycles. The van der Waals surface area contributed by atoms with E-state index < -0.39 is 10.3 Å². The Hall–Kier alpha value is -1.32. The highest BCUT2D eigenvalue weighted by molar-refractivity contribution is 7.84. The summed E-state index contributed by atoms with van der Waals surface area (Å²) in [4.78, 5) is 4.02. The molecule has 1 aliphatic heterocycles. The van der Waals surface area contributed by atoms with Crippen molar-refractivity contribution in [3.63, 3.8) is 0 Å². The van der Waals surface area contributed by atoms with E-state index in [1.54, 1.807) is 30.3 Å². The largest absolute Gasteiger partial charge is 0.376 e. The minimum absolute atomic E-state index is 0.0451. The van der Waals surface area contributed by atoms with Gasteiger partial charge in [-0.2, -0.15) is 8.42 Å². The van der Waals surface area contributed by atoms with Gasteiger partial charge in [0.05, 0.1) is 5.69 Å². The van der Waals surface area contributed by atoms with Crippen molar-refractivity contribution in [1.82, 2.24) is 15.4 Å². The highest BCUT2D eigenvalue weighted by atomic mass is 35.5. The smallest absolute Gasteiger partial charge is 0.291 e.